The van der Waals surface area contributed by atoms with Gasteiger partial charge in [0.05, 0.1) is 5.56 Å². The van der Waals surface area contributed by atoms with Crippen LogP contribution in [0.25, 0.3) is 22.8 Å². The zero-order valence-electron chi connectivity index (χ0n) is 9.82. The van der Waals surface area contributed by atoms with Gasteiger partial charge in [-0.2, -0.15) is 4.98 Å². The molecule has 0 atom stereocenters. The van der Waals surface area contributed by atoms with E-state index in [1.165, 1.54) is 18.2 Å². The van der Waals surface area contributed by atoms with E-state index < -0.39 is 0 Å². The van der Waals surface area contributed by atoms with E-state index in [1.54, 1.807) is 0 Å². The Morgan fingerprint density at radius 1 is 0.947 bits per heavy atom. The molecule has 5 heteroatoms. The summed E-state index contributed by atoms with van der Waals surface area (Å²) < 4.78 is 5.12. The van der Waals surface area contributed by atoms with Gasteiger partial charge in [0.25, 0.3) is 5.89 Å². The zero-order chi connectivity index (χ0) is 13.2. The summed E-state index contributed by atoms with van der Waals surface area (Å²) in [5.74, 6) is 0.520. The van der Waals surface area contributed by atoms with Crippen molar-refractivity contribution in [1.29, 1.82) is 0 Å². The third kappa shape index (κ3) is 2.13. The van der Waals surface area contributed by atoms with Gasteiger partial charge in [-0.3, -0.25) is 0 Å². The minimum Gasteiger partial charge on any atom is -0.508 e. The molecule has 0 amide bonds. The lowest BCUT2D eigenvalue weighted by Gasteiger charge is -1.99. The highest BCUT2D eigenvalue weighted by atomic mass is 16.5. The van der Waals surface area contributed by atoms with E-state index in [-0.39, 0.29) is 17.4 Å². The van der Waals surface area contributed by atoms with Gasteiger partial charge in [-0.25, -0.2) is 0 Å². The summed E-state index contributed by atoms with van der Waals surface area (Å²) >= 11 is 0. The average molecular weight is 254 g/mol. The molecule has 0 aliphatic heterocycles. The molecule has 0 aliphatic rings. The Kier molecular flexibility index (Phi) is 2.64. The Balaban J connectivity index is 2.02. The summed E-state index contributed by atoms with van der Waals surface area (Å²) in [6.07, 6.45) is 0. The quantitative estimate of drug-likeness (QED) is 0.735. The molecule has 2 aromatic carbocycles. The predicted octanol–water partition coefficient (Wildman–Crippen LogP) is 2.81. The van der Waals surface area contributed by atoms with Crippen LogP contribution in [0.2, 0.25) is 0 Å². The van der Waals surface area contributed by atoms with Crippen molar-refractivity contribution in [2.45, 2.75) is 0 Å². The Morgan fingerprint density at radius 3 is 2.47 bits per heavy atom. The highest BCUT2D eigenvalue weighted by Crippen LogP contribution is 2.31. The van der Waals surface area contributed by atoms with Crippen LogP contribution in [-0.2, 0) is 0 Å². The first-order valence-electron chi connectivity index (χ1n) is 5.65. The van der Waals surface area contributed by atoms with Crippen LogP contribution in [0.3, 0.4) is 0 Å². The third-order valence-corrected chi connectivity index (χ3v) is 2.67. The molecule has 0 fully saturated rings. The molecule has 1 heterocycles. The maximum atomic E-state index is 9.74. The molecule has 3 aromatic rings. The van der Waals surface area contributed by atoms with E-state index in [9.17, 15) is 10.2 Å². The molecule has 19 heavy (non-hydrogen) atoms. The summed E-state index contributed by atoms with van der Waals surface area (Å²) in [6.45, 7) is 0. The van der Waals surface area contributed by atoms with Crippen LogP contribution >= 0.6 is 0 Å². The molecule has 0 saturated heterocycles. The van der Waals surface area contributed by atoms with Gasteiger partial charge in [-0.15, -0.1) is 0 Å². The molecule has 5 nitrogen and oxygen atoms in total. The van der Waals surface area contributed by atoms with Crippen LogP contribution in [0.4, 0.5) is 0 Å². The van der Waals surface area contributed by atoms with Crippen molar-refractivity contribution >= 4 is 0 Å². The smallest absolute Gasteiger partial charge is 0.262 e. The van der Waals surface area contributed by atoms with Crippen molar-refractivity contribution in [3.05, 3.63) is 48.5 Å². The minimum atomic E-state index is -0.108. The highest BCUT2D eigenvalue weighted by molar-refractivity contribution is 5.65. The standard InChI is InChI=1S/C14H10N2O3/c17-10-6-7-11(12(18)8-10)14-15-13(16-19-14)9-4-2-1-3-5-9/h1-8,17-18H. The van der Waals surface area contributed by atoms with Gasteiger partial charge in [0.1, 0.15) is 11.5 Å². The van der Waals surface area contributed by atoms with Gasteiger partial charge in [0.2, 0.25) is 5.82 Å². The Morgan fingerprint density at radius 2 is 1.74 bits per heavy atom. The molecule has 0 saturated carbocycles. The fourth-order valence-corrected chi connectivity index (χ4v) is 1.74. The van der Waals surface area contributed by atoms with Crippen molar-refractivity contribution in [3.8, 4) is 34.3 Å². The van der Waals surface area contributed by atoms with Crippen LogP contribution in [0.15, 0.2) is 53.1 Å². The number of hydrogen-bond donors (Lipinski definition) is 2. The van der Waals surface area contributed by atoms with Crippen molar-refractivity contribution in [3.63, 3.8) is 0 Å². The Bertz CT molecular complexity index is 708. The maximum absolute atomic E-state index is 9.74. The molecular weight excluding hydrogens is 244 g/mol. The van der Waals surface area contributed by atoms with Gasteiger partial charge in [0, 0.05) is 11.6 Å². The molecular formula is C14H10N2O3. The number of phenols is 2. The van der Waals surface area contributed by atoms with Gasteiger partial charge in [-0.1, -0.05) is 35.5 Å². The van der Waals surface area contributed by atoms with Crippen LogP contribution in [0, 0.1) is 0 Å². The van der Waals surface area contributed by atoms with Crippen molar-refractivity contribution in [2.24, 2.45) is 0 Å². The van der Waals surface area contributed by atoms with Crippen molar-refractivity contribution in [1.82, 2.24) is 10.1 Å². The third-order valence-electron chi connectivity index (χ3n) is 2.67. The normalized spacial score (nSPS) is 10.5. The van der Waals surface area contributed by atoms with Crippen LogP contribution < -0.4 is 0 Å². The van der Waals surface area contributed by atoms with E-state index >= 15 is 0 Å². The Hall–Kier alpha value is -2.82. The summed E-state index contributed by atoms with van der Waals surface area (Å²) in [6, 6.07) is 13.6. The first-order chi connectivity index (χ1) is 9.24. The molecule has 0 radical (unpaired) electrons. The lowest BCUT2D eigenvalue weighted by molar-refractivity contribution is 0.423. The van der Waals surface area contributed by atoms with Gasteiger partial charge >= 0.3 is 0 Å². The van der Waals surface area contributed by atoms with E-state index in [1.807, 2.05) is 30.3 Å². The molecule has 2 N–H and O–H groups in total. The molecule has 1 aromatic heterocycles. The second kappa shape index (κ2) is 4.45. The second-order valence-electron chi connectivity index (χ2n) is 3.99. The van der Waals surface area contributed by atoms with Gasteiger partial charge in [0.15, 0.2) is 0 Å². The van der Waals surface area contributed by atoms with E-state index in [0.717, 1.165) is 5.56 Å². The Labute approximate surface area is 108 Å². The van der Waals surface area contributed by atoms with Crippen LogP contribution in [0.5, 0.6) is 11.5 Å². The fraction of sp³-hybridized carbons (Fsp3) is 0. The number of rotatable bonds is 2. The van der Waals surface area contributed by atoms with E-state index in [4.69, 9.17) is 4.52 Å². The summed E-state index contributed by atoms with van der Waals surface area (Å²) in [7, 11) is 0. The number of phenolic OH excluding ortho intramolecular Hbond substituents is 2. The van der Waals surface area contributed by atoms with Gasteiger partial charge < -0.3 is 14.7 Å². The van der Waals surface area contributed by atoms with Gasteiger partial charge in [-0.05, 0) is 12.1 Å². The first kappa shape index (κ1) is 11.3. The summed E-state index contributed by atoms with van der Waals surface area (Å²) in [5, 5.41) is 22.8. The van der Waals surface area contributed by atoms with Crippen LogP contribution in [0.1, 0.15) is 0 Å². The molecule has 0 aliphatic carbocycles. The monoisotopic (exact) mass is 254 g/mol. The number of aromatic nitrogens is 2. The van der Waals surface area contributed by atoms with Crippen molar-refractivity contribution < 1.29 is 14.7 Å². The lowest BCUT2D eigenvalue weighted by Crippen LogP contribution is -1.81. The SMILES string of the molecule is Oc1ccc(-c2nc(-c3ccccc3)no2)c(O)c1. The predicted molar refractivity (Wildman–Crippen MR) is 68.5 cm³/mol. The van der Waals surface area contributed by atoms with Crippen molar-refractivity contribution in [2.75, 3.05) is 0 Å². The zero-order valence-corrected chi connectivity index (χ0v) is 9.82. The topological polar surface area (TPSA) is 79.4 Å². The highest BCUT2D eigenvalue weighted by Gasteiger charge is 2.14. The van der Waals surface area contributed by atoms with Crippen LogP contribution in [-0.4, -0.2) is 20.4 Å². The molecule has 0 bridgehead atoms. The largest absolute Gasteiger partial charge is 0.508 e. The average Bonchev–Trinajstić information content (AvgIpc) is 2.89. The maximum Gasteiger partial charge on any atom is 0.262 e. The number of hydrogen-bond acceptors (Lipinski definition) is 5. The van der Waals surface area contributed by atoms with E-state index in [2.05, 4.69) is 10.1 Å². The lowest BCUT2D eigenvalue weighted by atomic mass is 10.2. The first-order valence-corrected chi connectivity index (χ1v) is 5.65. The number of aromatic hydroxyl groups is 2. The molecule has 0 spiro atoms. The fourth-order valence-electron chi connectivity index (χ4n) is 1.74. The molecule has 0 unspecified atom stereocenters. The number of nitrogens with zero attached hydrogens (tertiary/aromatic N) is 2. The minimum absolute atomic E-state index is 0.0240. The summed E-state index contributed by atoms with van der Waals surface area (Å²) in [4.78, 5) is 4.22. The molecule has 94 valence electrons. The second-order valence-corrected chi connectivity index (χ2v) is 3.99. The number of benzene rings is 2. The van der Waals surface area contributed by atoms with E-state index in [0.29, 0.717) is 11.4 Å². The summed E-state index contributed by atoms with van der Waals surface area (Å²) in [5.41, 5.74) is 1.21. The molecule has 3 rings (SSSR count).